The number of hydrogen-bond acceptors (Lipinski definition) is 8. The minimum absolute atomic E-state index is 0.0471. The van der Waals surface area contributed by atoms with Gasteiger partial charge in [0.05, 0.1) is 52.3 Å². The van der Waals surface area contributed by atoms with Crippen LogP contribution in [0.3, 0.4) is 0 Å². The molecule has 3 atom stereocenters. The number of aromatic nitrogens is 3. The molecule has 3 heterocycles. The maximum Gasteiger partial charge on any atom is 0.256 e. The number of carbonyl (C=O) groups excluding carboxylic acids is 1. The summed E-state index contributed by atoms with van der Waals surface area (Å²) >= 11 is 0. The normalized spacial score (nSPS) is 18.4. The van der Waals surface area contributed by atoms with E-state index >= 15 is 0 Å². The van der Waals surface area contributed by atoms with Gasteiger partial charge in [0.2, 0.25) is 5.72 Å². The van der Waals surface area contributed by atoms with E-state index in [2.05, 4.69) is 43.2 Å². The highest BCUT2D eigenvalue weighted by molar-refractivity contribution is 6.08. The van der Waals surface area contributed by atoms with Crippen molar-refractivity contribution in [1.82, 2.24) is 14.5 Å². The van der Waals surface area contributed by atoms with Crippen LogP contribution in [0, 0.1) is 6.92 Å². The Morgan fingerprint density at radius 3 is 1.93 bits per heavy atom. The van der Waals surface area contributed by atoms with Crippen molar-refractivity contribution in [3.05, 3.63) is 150 Å². The number of methoxy groups -OCH3 is 2. The van der Waals surface area contributed by atoms with Gasteiger partial charge in [-0.3, -0.25) is 9.28 Å². The Morgan fingerprint density at radius 2 is 1.39 bits per heavy atom. The first kappa shape index (κ1) is 39.6. The minimum atomic E-state index is -1.35. The average molecular weight is 771 g/mol. The molecular formula is C46H52N5O6+. The fraction of sp³-hybridized carbons (Fsp3) is 0.326. The van der Waals surface area contributed by atoms with Crippen molar-refractivity contribution in [3.63, 3.8) is 0 Å². The average Bonchev–Trinajstić information content (AvgIpc) is 3.79. The fourth-order valence-electron chi connectivity index (χ4n) is 8.69. The van der Waals surface area contributed by atoms with E-state index in [9.17, 15) is 9.90 Å². The van der Waals surface area contributed by atoms with Crippen molar-refractivity contribution in [2.24, 2.45) is 0 Å². The first-order valence-electron chi connectivity index (χ1n) is 19.6. The second-order valence-corrected chi connectivity index (χ2v) is 14.5. The van der Waals surface area contributed by atoms with E-state index in [-0.39, 0.29) is 18.9 Å². The zero-order valence-corrected chi connectivity index (χ0v) is 33.5. The summed E-state index contributed by atoms with van der Waals surface area (Å²) in [6.07, 6.45) is 2.32. The minimum Gasteiger partial charge on any atom is -0.497 e. The summed E-state index contributed by atoms with van der Waals surface area (Å²) in [6, 6.07) is 35.0. The number of benzene rings is 4. The summed E-state index contributed by atoms with van der Waals surface area (Å²) in [5, 5.41) is 16.9. The molecule has 7 rings (SSSR count). The summed E-state index contributed by atoms with van der Waals surface area (Å²) in [5.74, 6) is 1.59. The summed E-state index contributed by atoms with van der Waals surface area (Å²) < 4.78 is 27.9. The van der Waals surface area contributed by atoms with Crippen LogP contribution < -0.4 is 14.8 Å². The molecule has 0 spiro atoms. The lowest BCUT2D eigenvalue weighted by atomic mass is 9.80. The molecule has 1 aliphatic rings. The second kappa shape index (κ2) is 16.5. The molecule has 2 N–H and O–H groups in total. The smallest absolute Gasteiger partial charge is 0.256 e. The number of fused-ring (bicyclic) bond motifs is 1. The third-order valence-corrected chi connectivity index (χ3v) is 12.0. The lowest BCUT2D eigenvalue weighted by molar-refractivity contribution is -0.997. The van der Waals surface area contributed by atoms with Crippen molar-refractivity contribution < 1.29 is 33.3 Å². The van der Waals surface area contributed by atoms with Crippen LogP contribution in [0.5, 0.6) is 11.5 Å². The van der Waals surface area contributed by atoms with Gasteiger partial charge < -0.3 is 33.9 Å². The fourth-order valence-corrected chi connectivity index (χ4v) is 8.69. The standard InChI is InChI=1S/C46H51N5O6/c1-7-51(8-2,9-3)45(53)28-40(50-29-32(4)41-42(47-31-48-43(41)50)49-44(52)33-16-12-10-13-17-33)57-39(45)30-56-46(34-18-14-11-15-19-34,35-20-24-37(54-5)25-21-35)36-22-26-38(55-6)27-23-36/h10-27,29,31,39-40,53H,7-9,28,30H2,1-6H3/p+1/t39-,40+,45+/m1/s1. The van der Waals surface area contributed by atoms with Crippen molar-refractivity contribution in [2.75, 3.05) is 45.8 Å². The molecule has 4 aromatic carbocycles. The summed E-state index contributed by atoms with van der Waals surface area (Å²) in [7, 11) is 3.30. The molecule has 1 amide bonds. The molecule has 0 aliphatic carbocycles. The molecular weight excluding hydrogens is 719 g/mol. The van der Waals surface area contributed by atoms with Crippen molar-refractivity contribution in [3.8, 4) is 11.5 Å². The predicted molar refractivity (Wildman–Crippen MR) is 220 cm³/mol. The number of aryl methyl sites for hydroxylation is 1. The van der Waals surface area contributed by atoms with Crippen LogP contribution in [0.2, 0.25) is 0 Å². The Morgan fingerprint density at radius 1 is 0.842 bits per heavy atom. The summed E-state index contributed by atoms with van der Waals surface area (Å²) in [6.45, 7) is 10.4. The van der Waals surface area contributed by atoms with E-state index in [4.69, 9.17) is 23.9 Å². The lowest BCUT2D eigenvalue weighted by Crippen LogP contribution is -2.68. The van der Waals surface area contributed by atoms with Gasteiger partial charge >= 0.3 is 0 Å². The Labute approximate surface area is 334 Å². The molecule has 2 aromatic heterocycles. The Bertz CT molecular complexity index is 2220. The quantitative estimate of drug-likeness (QED) is 0.0616. The molecule has 0 saturated carbocycles. The highest BCUT2D eigenvalue weighted by Gasteiger charge is 2.61. The van der Waals surface area contributed by atoms with Gasteiger partial charge in [-0.25, -0.2) is 9.97 Å². The van der Waals surface area contributed by atoms with Crippen LogP contribution >= 0.6 is 0 Å². The number of anilines is 1. The zero-order chi connectivity index (χ0) is 40.2. The van der Waals surface area contributed by atoms with Crippen LogP contribution in [-0.4, -0.2) is 82.3 Å². The first-order chi connectivity index (χ1) is 27.7. The van der Waals surface area contributed by atoms with Crippen molar-refractivity contribution in [2.45, 2.75) is 57.8 Å². The molecule has 1 aliphatic heterocycles. The van der Waals surface area contributed by atoms with Gasteiger partial charge in [0.15, 0.2) is 6.10 Å². The molecule has 0 unspecified atom stereocenters. The molecule has 11 heteroatoms. The van der Waals surface area contributed by atoms with Crippen LogP contribution in [0.25, 0.3) is 11.0 Å². The van der Waals surface area contributed by atoms with Gasteiger partial charge in [0.25, 0.3) is 5.91 Å². The number of aliphatic hydroxyl groups is 1. The summed E-state index contributed by atoms with van der Waals surface area (Å²) in [5.41, 5.74) is 2.20. The van der Waals surface area contributed by atoms with Crippen LogP contribution in [0.15, 0.2) is 122 Å². The van der Waals surface area contributed by atoms with E-state index in [1.807, 2.05) is 103 Å². The lowest BCUT2D eigenvalue weighted by Gasteiger charge is -2.49. The van der Waals surface area contributed by atoms with E-state index < -0.39 is 23.7 Å². The van der Waals surface area contributed by atoms with E-state index in [0.29, 0.717) is 46.5 Å². The molecule has 296 valence electrons. The van der Waals surface area contributed by atoms with Crippen molar-refractivity contribution in [1.29, 1.82) is 0 Å². The topological polar surface area (TPSA) is 117 Å². The third-order valence-electron chi connectivity index (χ3n) is 12.0. The number of amides is 1. The highest BCUT2D eigenvalue weighted by atomic mass is 16.6. The number of carbonyl (C=O) groups is 1. The maximum absolute atomic E-state index is 13.2. The van der Waals surface area contributed by atoms with Gasteiger partial charge in [-0.1, -0.05) is 72.8 Å². The van der Waals surface area contributed by atoms with Gasteiger partial charge in [-0.15, -0.1) is 0 Å². The Kier molecular flexibility index (Phi) is 11.5. The maximum atomic E-state index is 13.2. The number of likely N-dealkylation sites (N-methyl/N-ethyl adjacent to an activating group) is 1. The number of nitrogens with zero attached hydrogens (tertiary/aromatic N) is 4. The molecule has 0 radical (unpaired) electrons. The molecule has 0 bridgehead atoms. The molecule has 6 aromatic rings. The molecule has 1 fully saturated rings. The molecule has 11 nitrogen and oxygen atoms in total. The van der Waals surface area contributed by atoms with Gasteiger partial charge in [0.1, 0.15) is 41.1 Å². The second-order valence-electron chi connectivity index (χ2n) is 14.5. The van der Waals surface area contributed by atoms with Crippen LogP contribution in [0.1, 0.15) is 66.0 Å². The first-order valence-corrected chi connectivity index (χ1v) is 19.6. The number of nitrogens with one attached hydrogen (secondary N) is 1. The van der Waals surface area contributed by atoms with Crippen LogP contribution in [-0.2, 0) is 15.1 Å². The monoisotopic (exact) mass is 770 g/mol. The summed E-state index contributed by atoms with van der Waals surface area (Å²) in [4.78, 5) is 22.4. The Hall–Kier alpha value is -5.59. The number of ether oxygens (including phenoxy) is 4. The van der Waals surface area contributed by atoms with E-state index in [1.54, 1.807) is 26.4 Å². The van der Waals surface area contributed by atoms with Gasteiger partial charge in [0, 0.05) is 11.8 Å². The number of quaternary nitrogens is 1. The van der Waals surface area contributed by atoms with Gasteiger partial charge in [-0.2, -0.15) is 0 Å². The highest BCUT2D eigenvalue weighted by Crippen LogP contribution is 2.48. The number of rotatable bonds is 15. The number of hydrogen-bond donors (Lipinski definition) is 2. The van der Waals surface area contributed by atoms with E-state index in [1.165, 1.54) is 6.33 Å². The largest absolute Gasteiger partial charge is 0.497 e. The third kappa shape index (κ3) is 7.05. The van der Waals surface area contributed by atoms with E-state index in [0.717, 1.165) is 33.8 Å². The Balaban J connectivity index is 1.32. The van der Waals surface area contributed by atoms with Crippen molar-refractivity contribution >= 4 is 22.8 Å². The predicted octanol–water partition coefficient (Wildman–Crippen LogP) is 7.87. The SMILES string of the molecule is CC[N+](CC)(CC)[C@]1(O)C[C@@H](n2cc(C)c3c(NC(=O)c4ccccc4)ncnc32)O[C@@H]1COC(c1ccccc1)(c1ccc(OC)cc1)c1ccc(OC)cc1. The zero-order valence-electron chi connectivity index (χ0n) is 33.5. The van der Waals surface area contributed by atoms with Crippen LogP contribution in [0.4, 0.5) is 5.82 Å². The van der Waals surface area contributed by atoms with Gasteiger partial charge in [-0.05, 0) is 86.3 Å². The molecule has 57 heavy (non-hydrogen) atoms. The molecule has 1 saturated heterocycles.